The van der Waals surface area contributed by atoms with E-state index >= 15 is 0 Å². The van der Waals surface area contributed by atoms with Crippen molar-refractivity contribution in [1.29, 1.82) is 0 Å². The Labute approximate surface area is 184 Å². The predicted octanol–water partition coefficient (Wildman–Crippen LogP) is 5.42. The number of anilines is 1. The van der Waals surface area contributed by atoms with Crippen molar-refractivity contribution >= 4 is 23.2 Å². The molecule has 2 aromatic rings. The van der Waals surface area contributed by atoms with Gasteiger partial charge in [0.1, 0.15) is 5.75 Å². The summed E-state index contributed by atoms with van der Waals surface area (Å²) >= 11 is 6.30. The quantitative estimate of drug-likeness (QED) is 0.670. The van der Waals surface area contributed by atoms with Crippen molar-refractivity contribution in [3.63, 3.8) is 0 Å². The number of carbonyl (C=O) groups excluding carboxylic acids is 1. The molecule has 2 aromatic carbocycles. The second-order valence-corrected chi connectivity index (χ2v) is 9.30. The maximum atomic E-state index is 11.8. The highest BCUT2D eigenvalue weighted by Gasteiger charge is 2.32. The van der Waals surface area contributed by atoms with E-state index in [1.54, 1.807) is 6.07 Å². The van der Waals surface area contributed by atoms with Crippen LogP contribution in [0, 0.1) is 11.8 Å². The van der Waals surface area contributed by atoms with Crippen molar-refractivity contribution in [2.75, 3.05) is 24.6 Å². The molecule has 30 heavy (non-hydrogen) atoms. The number of amides is 1. The van der Waals surface area contributed by atoms with E-state index in [-0.39, 0.29) is 5.92 Å². The van der Waals surface area contributed by atoms with Gasteiger partial charge in [-0.15, -0.1) is 0 Å². The summed E-state index contributed by atoms with van der Waals surface area (Å²) in [6.07, 6.45) is 4.64. The fourth-order valence-electron chi connectivity index (χ4n) is 4.76. The molecule has 1 amide bonds. The van der Waals surface area contributed by atoms with Crippen molar-refractivity contribution in [2.24, 2.45) is 17.6 Å². The maximum absolute atomic E-state index is 11.8. The lowest BCUT2D eigenvalue weighted by atomic mass is 9.74. The Morgan fingerprint density at radius 2 is 2.07 bits per heavy atom. The summed E-state index contributed by atoms with van der Waals surface area (Å²) in [5.41, 5.74) is 9.70. The van der Waals surface area contributed by atoms with Gasteiger partial charge in [-0.3, -0.25) is 4.79 Å². The Morgan fingerprint density at radius 3 is 2.73 bits per heavy atom. The second kappa shape index (κ2) is 8.89. The molecule has 0 radical (unpaired) electrons. The number of benzene rings is 2. The van der Waals surface area contributed by atoms with Crippen LogP contribution in [-0.4, -0.2) is 25.6 Å². The topological polar surface area (TPSA) is 55.6 Å². The first-order valence-electron chi connectivity index (χ1n) is 11.1. The van der Waals surface area contributed by atoms with Gasteiger partial charge in [0.25, 0.3) is 0 Å². The minimum Gasteiger partial charge on any atom is -0.491 e. The molecule has 1 heterocycles. The normalized spacial score (nSPS) is 23.2. The van der Waals surface area contributed by atoms with E-state index in [2.05, 4.69) is 30.9 Å². The number of hydrogen-bond donors (Lipinski definition) is 1. The highest BCUT2D eigenvalue weighted by molar-refractivity contribution is 6.30. The fraction of sp³-hybridized carbons (Fsp3) is 0.480. The number of fused-ring (bicyclic) bond motifs is 1. The Bertz CT molecular complexity index is 929. The van der Waals surface area contributed by atoms with Gasteiger partial charge >= 0.3 is 0 Å². The molecule has 4 rings (SSSR count). The molecule has 5 heteroatoms. The minimum atomic E-state index is -0.404. The Balaban J connectivity index is 1.69. The maximum Gasteiger partial charge on any atom is 0.248 e. The van der Waals surface area contributed by atoms with Gasteiger partial charge in [0.2, 0.25) is 5.91 Å². The van der Waals surface area contributed by atoms with Gasteiger partial charge in [-0.25, -0.2) is 0 Å². The minimum absolute atomic E-state index is 0.239. The van der Waals surface area contributed by atoms with E-state index in [1.165, 1.54) is 24.0 Å². The highest BCUT2D eigenvalue weighted by Crippen LogP contribution is 2.40. The van der Waals surface area contributed by atoms with Crippen LogP contribution in [0.15, 0.2) is 36.4 Å². The first-order valence-corrected chi connectivity index (χ1v) is 11.4. The molecular formula is C25H31ClN2O2. The van der Waals surface area contributed by atoms with Crippen LogP contribution in [0.1, 0.15) is 60.5 Å². The van der Waals surface area contributed by atoms with E-state index in [9.17, 15) is 4.79 Å². The van der Waals surface area contributed by atoms with Gasteiger partial charge in [0.05, 0.1) is 12.3 Å². The van der Waals surface area contributed by atoms with Crippen LogP contribution < -0.4 is 15.4 Å². The summed E-state index contributed by atoms with van der Waals surface area (Å²) in [5, 5.41) is 0.784. The number of hydrogen-bond acceptors (Lipinski definition) is 3. The largest absolute Gasteiger partial charge is 0.491 e. The summed E-state index contributed by atoms with van der Waals surface area (Å²) in [4.78, 5) is 14.2. The summed E-state index contributed by atoms with van der Waals surface area (Å²) in [6, 6.07) is 11.8. The van der Waals surface area contributed by atoms with Gasteiger partial charge < -0.3 is 15.4 Å². The number of ether oxygens (including phenoxy) is 1. The van der Waals surface area contributed by atoms with Gasteiger partial charge in [0.15, 0.2) is 0 Å². The third-order valence-corrected chi connectivity index (χ3v) is 7.02. The van der Waals surface area contributed by atoms with Crippen molar-refractivity contribution in [3.8, 4) is 5.75 Å². The third kappa shape index (κ3) is 4.29. The lowest BCUT2D eigenvalue weighted by Gasteiger charge is -2.39. The van der Waals surface area contributed by atoms with Crippen molar-refractivity contribution in [1.82, 2.24) is 0 Å². The van der Waals surface area contributed by atoms with Crippen LogP contribution >= 0.6 is 11.6 Å². The molecule has 2 N–H and O–H groups in total. The van der Waals surface area contributed by atoms with Crippen LogP contribution in [0.3, 0.4) is 0 Å². The molecule has 1 saturated carbocycles. The summed E-state index contributed by atoms with van der Waals surface area (Å²) in [7, 11) is 0. The van der Waals surface area contributed by atoms with E-state index in [0.717, 1.165) is 48.3 Å². The van der Waals surface area contributed by atoms with Crippen LogP contribution in [0.4, 0.5) is 5.69 Å². The molecule has 160 valence electrons. The van der Waals surface area contributed by atoms with Gasteiger partial charge in [0, 0.05) is 29.6 Å². The lowest BCUT2D eigenvalue weighted by Crippen LogP contribution is -2.39. The monoisotopic (exact) mass is 426 g/mol. The molecule has 0 bridgehead atoms. The number of rotatable bonds is 6. The zero-order chi connectivity index (χ0) is 21.3. The molecule has 0 aromatic heterocycles. The number of halogens is 1. The average Bonchev–Trinajstić information content (AvgIpc) is 2.90. The van der Waals surface area contributed by atoms with Crippen LogP contribution in [-0.2, 0) is 6.42 Å². The first kappa shape index (κ1) is 21.0. The first-order chi connectivity index (χ1) is 14.5. The smallest absolute Gasteiger partial charge is 0.248 e. The molecule has 1 aliphatic carbocycles. The van der Waals surface area contributed by atoms with Crippen LogP contribution in [0.25, 0.3) is 0 Å². The molecule has 3 atom stereocenters. The third-order valence-electron chi connectivity index (χ3n) is 6.78. The summed E-state index contributed by atoms with van der Waals surface area (Å²) < 4.78 is 6.28. The molecule has 1 fully saturated rings. The number of nitrogens with two attached hydrogens (primary N) is 1. The average molecular weight is 427 g/mol. The number of aryl methyl sites for hydroxylation is 1. The SMILES string of the molecule is CCCc1cc(Cl)ccc1C1COc2ccc(C(N)=O)cc2N(CC2CCC2C)C1. The van der Waals surface area contributed by atoms with E-state index in [4.69, 9.17) is 22.1 Å². The fourth-order valence-corrected chi connectivity index (χ4v) is 4.95. The lowest BCUT2D eigenvalue weighted by molar-refractivity contribution is 0.100. The molecular weight excluding hydrogens is 396 g/mol. The molecule has 3 unspecified atom stereocenters. The number of nitrogens with zero attached hydrogens (tertiary/aromatic N) is 1. The summed E-state index contributed by atoms with van der Waals surface area (Å²) in [6.45, 7) is 6.97. The van der Waals surface area contributed by atoms with Gasteiger partial charge in [-0.1, -0.05) is 44.4 Å². The molecule has 0 saturated heterocycles. The van der Waals surface area contributed by atoms with Crippen LogP contribution in [0.5, 0.6) is 5.75 Å². The molecule has 2 aliphatic rings. The second-order valence-electron chi connectivity index (χ2n) is 8.87. The van der Waals surface area contributed by atoms with Crippen molar-refractivity contribution in [2.45, 2.75) is 45.4 Å². The van der Waals surface area contributed by atoms with Crippen molar-refractivity contribution in [3.05, 3.63) is 58.1 Å². The zero-order valence-corrected chi connectivity index (χ0v) is 18.6. The molecule has 4 nitrogen and oxygen atoms in total. The Morgan fingerprint density at radius 1 is 1.23 bits per heavy atom. The standard InChI is InChI=1S/C25H31ClN2O2/c1-3-4-17-11-21(26)8-9-22(17)20-14-28(13-19-6-5-16(19)2)23-12-18(25(27)29)7-10-24(23)30-15-20/h7-12,16,19-20H,3-6,13-15H2,1-2H3,(H2,27,29). The van der Waals surface area contributed by atoms with Gasteiger partial charge in [-0.2, -0.15) is 0 Å². The van der Waals surface area contributed by atoms with E-state index in [1.807, 2.05) is 18.2 Å². The van der Waals surface area contributed by atoms with E-state index < -0.39 is 5.91 Å². The summed E-state index contributed by atoms with van der Waals surface area (Å²) in [5.74, 6) is 2.08. The Kier molecular flexibility index (Phi) is 6.24. The van der Waals surface area contributed by atoms with Crippen LogP contribution in [0.2, 0.25) is 5.02 Å². The predicted molar refractivity (Wildman–Crippen MR) is 123 cm³/mol. The zero-order valence-electron chi connectivity index (χ0n) is 17.9. The van der Waals surface area contributed by atoms with Crippen molar-refractivity contribution < 1.29 is 9.53 Å². The number of primary amides is 1. The Hall–Kier alpha value is -2.20. The highest BCUT2D eigenvalue weighted by atomic mass is 35.5. The molecule has 1 aliphatic heterocycles. The van der Waals surface area contributed by atoms with E-state index in [0.29, 0.717) is 18.1 Å². The van der Waals surface area contributed by atoms with Gasteiger partial charge in [-0.05, 0) is 66.1 Å². The number of carbonyl (C=O) groups is 1. The molecule has 0 spiro atoms.